The first-order valence-electron chi connectivity index (χ1n) is 7.79. The molecule has 2 aromatic rings. The average molecular weight is 343 g/mol. The van der Waals surface area contributed by atoms with Crippen LogP contribution in [0.2, 0.25) is 0 Å². The van der Waals surface area contributed by atoms with Gasteiger partial charge in [-0.3, -0.25) is 4.79 Å². The molecule has 2 N–H and O–H groups in total. The van der Waals surface area contributed by atoms with E-state index in [0.29, 0.717) is 30.0 Å². The highest BCUT2D eigenvalue weighted by atomic mass is 16.5. The largest absolute Gasteiger partial charge is 0.493 e. The minimum atomic E-state index is -0.955. The van der Waals surface area contributed by atoms with Gasteiger partial charge in [-0.2, -0.15) is 0 Å². The number of nitrogens with one attached hydrogen (secondary N) is 1. The lowest BCUT2D eigenvalue weighted by molar-refractivity contribution is 0.0696. The second kappa shape index (κ2) is 8.19. The molecule has 0 aromatic heterocycles. The first kappa shape index (κ1) is 18.3. The van der Waals surface area contributed by atoms with Crippen LogP contribution in [0.3, 0.4) is 0 Å². The van der Waals surface area contributed by atoms with Gasteiger partial charge in [-0.05, 0) is 48.7 Å². The number of methoxy groups -OCH3 is 2. The van der Waals surface area contributed by atoms with Gasteiger partial charge in [-0.15, -0.1) is 0 Å². The molecule has 0 unspecified atom stereocenters. The maximum Gasteiger partial charge on any atom is 0.335 e. The molecule has 0 saturated carbocycles. The van der Waals surface area contributed by atoms with Gasteiger partial charge in [0.1, 0.15) is 0 Å². The van der Waals surface area contributed by atoms with Crippen LogP contribution in [-0.4, -0.2) is 37.7 Å². The Labute approximate surface area is 146 Å². The normalized spacial score (nSPS) is 10.2. The van der Waals surface area contributed by atoms with Gasteiger partial charge in [0.05, 0.1) is 19.8 Å². The summed E-state index contributed by atoms with van der Waals surface area (Å²) in [6.07, 6.45) is 0.609. The molecule has 1 amide bonds. The lowest BCUT2D eigenvalue weighted by Crippen LogP contribution is -2.26. The Morgan fingerprint density at radius 3 is 2.20 bits per heavy atom. The van der Waals surface area contributed by atoms with E-state index in [1.165, 1.54) is 7.11 Å². The summed E-state index contributed by atoms with van der Waals surface area (Å²) >= 11 is 0. The van der Waals surface area contributed by atoms with Crippen molar-refractivity contribution >= 4 is 11.9 Å². The van der Waals surface area contributed by atoms with Crippen molar-refractivity contribution in [3.8, 4) is 11.5 Å². The van der Waals surface area contributed by atoms with E-state index < -0.39 is 5.97 Å². The fourth-order valence-corrected chi connectivity index (χ4v) is 2.45. The summed E-state index contributed by atoms with van der Waals surface area (Å²) < 4.78 is 10.5. The van der Waals surface area contributed by atoms with Crippen molar-refractivity contribution < 1.29 is 24.2 Å². The van der Waals surface area contributed by atoms with Crippen LogP contribution in [0.15, 0.2) is 36.4 Å². The molecule has 0 spiro atoms. The minimum Gasteiger partial charge on any atom is -0.493 e. The lowest BCUT2D eigenvalue weighted by atomic mass is 10.1. The zero-order valence-electron chi connectivity index (χ0n) is 14.5. The Morgan fingerprint density at radius 1 is 1.04 bits per heavy atom. The number of hydrogen-bond acceptors (Lipinski definition) is 4. The van der Waals surface area contributed by atoms with Crippen LogP contribution in [0, 0.1) is 6.92 Å². The van der Waals surface area contributed by atoms with Crippen LogP contribution < -0.4 is 14.8 Å². The number of ether oxygens (including phenoxy) is 2. The Bertz CT molecular complexity index is 768. The number of carbonyl (C=O) groups is 2. The number of carboxylic acid groups (broad SMARTS) is 1. The topological polar surface area (TPSA) is 84.9 Å². The maximum atomic E-state index is 12.4. The summed E-state index contributed by atoms with van der Waals surface area (Å²) in [6, 6.07) is 10.0. The van der Waals surface area contributed by atoms with Crippen LogP contribution >= 0.6 is 0 Å². The van der Waals surface area contributed by atoms with Crippen molar-refractivity contribution in [1.29, 1.82) is 0 Å². The second-order valence-electron chi connectivity index (χ2n) is 5.53. The Hall–Kier alpha value is -3.02. The number of aromatic carboxylic acids is 1. The van der Waals surface area contributed by atoms with E-state index in [1.807, 2.05) is 6.92 Å². The molecule has 0 saturated heterocycles. The van der Waals surface area contributed by atoms with Crippen molar-refractivity contribution in [3.63, 3.8) is 0 Å². The molecule has 0 aliphatic carbocycles. The first-order valence-corrected chi connectivity index (χ1v) is 7.79. The molecule has 0 bridgehead atoms. The second-order valence-corrected chi connectivity index (χ2v) is 5.53. The summed E-state index contributed by atoms with van der Waals surface area (Å²) in [5.74, 6) is -0.0676. The number of carboxylic acids is 1. The van der Waals surface area contributed by atoms with Crippen molar-refractivity contribution in [3.05, 3.63) is 58.7 Å². The van der Waals surface area contributed by atoms with Crippen LogP contribution in [0.4, 0.5) is 0 Å². The van der Waals surface area contributed by atoms with Gasteiger partial charge in [0.25, 0.3) is 5.91 Å². The smallest absolute Gasteiger partial charge is 0.335 e. The van der Waals surface area contributed by atoms with Crippen LogP contribution in [-0.2, 0) is 6.42 Å². The summed E-state index contributed by atoms with van der Waals surface area (Å²) in [4.78, 5) is 23.2. The van der Waals surface area contributed by atoms with Crippen LogP contribution in [0.5, 0.6) is 11.5 Å². The molecule has 6 heteroatoms. The third kappa shape index (κ3) is 4.50. The highest BCUT2D eigenvalue weighted by molar-refractivity contribution is 5.96. The highest BCUT2D eigenvalue weighted by Gasteiger charge is 2.14. The highest BCUT2D eigenvalue weighted by Crippen LogP contribution is 2.30. The number of amides is 1. The Kier molecular flexibility index (Phi) is 6.00. The molecule has 2 aromatic carbocycles. The van der Waals surface area contributed by atoms with Crippen molar-refractivity contribution in [1.82, 2.24) is 5.32 Å². The van der Waals surface area contributed by atoms with Gasteiger partial charge in [-0.25, -0.2) is 4.79 Å². The van der Waals surface area contributed by atoms with E-state index in [0.717, 1.165) is 11.1 Å². The fraction of sp³-hybridized carbons (Fsp3) is 0.263. The SMILES string of the molecule is COc1cc(C)c(C(=O)NCCc2ccc(C(=O)O)cc2)cc1OC. The van der Waals surface area contributed by atoms with E-state index in [9.17, 15) is 9.59 Å². The molecule has 0 radical (unpaired) electrons. The predicted molar refractivity (Wildman–Crippen MR) is 93.7 cm³/mol. The van der Waals surface area contributed by atoms with Gasteiger partial charge >= 0.3 is 5.97 Å². The third-order valence-corrected chi connectivity index (χ3v) is 3.88. The van der Waals surface area contributed by atoms with E-state index >= 15 is 0 Å². The first-order chi connectivity index (χ1) is 12.0. The molecule has 25 heavy (non-hydrogen) atoms. The van der Waals surface area contributed by atoms with E-state index in [2.05, 4.69) is 5.32 Å². The molecule has 0 fully saturated rings. The van der Waals surface area contributed by atoms with E-state index in [4.69, 9.17) is 14.6 Å². The number of hydrogen-bond donors (Lipinski definition) is 2. The van der Waals surface area contributed by atoms with Gasteiger partial charge in [-0.1, -0.05) is 12.1 Å². The third-order valence-electron chi connectivity index (χ3n) is 3.88. The summed E-state index contributed by atoms with van der Waals surface area (Å²) in [5, 5.41) is 11.7. The van der Waals surface area contributed by atoms with Crippen LogP contribution in [0.25, 0.3) is 0 Å². The summed E-state index contributed by atoms with van der Waals surface area (Å²) in [5.41, 5.74) is 2.52. The van der Waals surface area contributed by atoms with Gasteiger partial charge in [0.2, 0.25) is 0 Å². The summed E-state index contributed by atoms with van der Waals surface area (Å²) in [7, 11) is 3.07. The average Bonchev–Trinajstić information content (AvgIpc) is 2.61. The molecule has 132 valence electrons. The molecule has 6 nitrogen and oxygen atoms in total. The van der Waals surface area contributed by atoms with Gasteiger partial charge < -0.3 is 19.9 Å². The number of carbonyl (C=O) groups excluding carboxylic acids is 1. The Morgan fingerprint density at radius 2 is 1.64 bits per heavy atom. The van der Waals surface area contributed by atoms with E-state index in [-0.39, 0.29) is 11.5 Å². The van der Waals surface area contributed by atoms with Crippen molar-refractivity contribution in [2.24, 2.45) is 0 Å². The predicted octanol–water partition coefficient (Wildman–Crippen LogP) is 2.68. The molecular formula is C19H21NO5. The fourth-order valence-electron chi connectivity index (χ4n) is 2.45. The van der Waals surface area contributed by atoms with Gasteiger partial charge in [0.15, 0.2) is 11.5 Å². The quantitative estimate of drug-likeness (QED) is 0.807. The number of aryl methyl sites for hydroxylation is 1. The van der Waals surface area contributed by atoms with Crippen molar-refractivity contribution in [2.45, 2.75) is 13.3 Å². The lowest BCUT2D eigenvalue weighted by Gasteiger charge is -2.13. The molecular weight excluding hydrogens is 322 g/mol. The molecule has 0 heterocycles. The monoisotopic (exact) mass is 343 g/mol. The van der Waals surface area contributed by atoms with Crippen LogP contribution in [0.1, 0.15) is 31.8 Å². The minimum absolute atomic E-state index is 0.194. The van der Waals surface area contributed by atoms with Crippen molar-refractivity contribution in [2.75, 3.05) is 20.8 Å². The summed E-state index contributed by atoms with van der Waals surface area (Å²) in [6.45, 7) is 2.28. The maximum absolute atomic E-state index is 12.4. The molecule has 0 aliphatic heterocycles. The number of benzene rings is 2. The molecule has 0 atom stereocenters. The zero-order chi connectivity index (χ0) is 18.4. The number of rotatable bonds is 7. The standard InChI is InChI=1S/C19H21NO5/c1-12-10-16(24-2)17(25-3)11-15(12)18(21)20-9-8-13-4-6-14(7-5-13)19(22)23/h4-7,10-11H,8-9H2,1-3H3,(H,20,21)(H,22,23). The molecule has 2 rings (SSSR count). The molecule has 0 aliphatic rings. The zero-order valence-corrected chi connectivity index (χ0v) is 14.5. The van der Waals surface area contributed by atoms with E-state index in [1.54, 1.807) is 43.5 Å². The Balaban J connectivity index is 1.99. The van der Waals surface area contributed by atoms with Gasteiger partial charge in [0, 0.05) is 12.1 Å².